The summed E-state index contributed by atoms with van der Waals surface area (Å²) in [6, 6.07) is 7.00. The third-order valence-corrected chi connectivity index (χ3v) is 16.9. The SMILES string of the molecule is C#CCOc1ccc(C(=O)OCC2CC3C4C[C@@H](CC4COC(=O)CCCCCCCCC4C(CCCCCCCC)CCC(CCCCCC)C4CCCCCCC)C3C2)cc1. The van der Waals surface area contributed by atoms with E-state index in [4.69, 9.17) is 20.6 Å². The molecule has 9 unspecified atom stereocenters. The summed E-state index contributed by atoms with van der Waals surface area (Å²) in [6.07, 6.45) is 48.3. The first-order valence-electron chi connectivity index (χ1n) is 27.4. The zero-order valence-corrected chi connectivity index (χ0v) is 41.0. The summed E-state index contributed by atoms with van der Waals surface area (Å²) in [5, 5.41) is 0. The van der Waals surface area contributed by atoms with E-state index < -0.39 is 0 Å². The Morgan fingerprint density at radius 3 is 1.67 bits per heavy atom. The van der Waals surface area contributed by atoms with Crippen LogP contribution in [0.2, 0.25) is 0 Å². The molecule has 1 aromatic carbocycles. The predicted octanol–water partition coefficient (Wildman–Crippen LogP) is 16.2. The number of terminal acetylenes is 1. The molecule has 2 bridgehead atoms. The first-order valence-corrected chi connectivity index (χ1v) is 27.4. The lowest BCUT2D eigenvalue weighted by atomic mass is 9.61. The molecule has 5 nitrogen and oxygen atoms in total. The van der Waals surface area contributed by atoms with Crippen molar-refractivity contribution in [3.05, 3.63) is 29.8 Å². The average Bonchev–Trinajstić information content (AvgIpc) is 4.01. The summed E-state index contributed by atoms with van der Waals surface area (Å²) in [7, 11) is 0. The monoisotopic (exact) mass is 871 g/mol. The van der Waals surface area contributed by atoms with E-state index in [0.717, 1.165) is 61.2 Å². The fourth-order valence-electron chi connectivity index (χ4n) is 13.5. The van der Waals surface area contributed by atoms with Crippen LogP contribution >= 0.6 is 0 Å². The number of hydrogen-bond donors (Lipinski definition) is 0. The quantitative estimate of drug-likeness (QED) is 0.0392. The molecule has 4 fully saturated rings. The maximum Gasteiger partial charge on any atom is 0.338 e. The molecule has 4 aliphatic carbocycles. The molecule has 5 rings (SSSR count). The summed E-state index contributed by atoms with van der Waals surface area (Å²) < 4.78 is 17.2. The highest BCUT2D eigenvalue weighted by Crippen LogP contribution is 2.62. The Hall–Kier alpha value is -2.48. The van der Waals surface area contributed by atoms with Crippen molar-refractivity contribution in [3.63, 3.8) is 0 Å². The molecule has 5 heteroatoms. The van der Waals surface area contributed by atoms with Gasteiger partial charge in [0.05, 0.1) is 18.8 Å². The van der Waals surface area contributed by atoms with Crippen molar-refractivity contribution in [2.24, 2.45) is 59.2 Å². The van der Waals surface area contributed by atoms with Crippen molar-refractivity contribution >= 4 is 11.9 Å². The Kier molecular flexibility index (Phi) is 24.5. The van der Waals surface area contributed by atoms with Gasteiger partial charge in [-0.2, -0.15) is 0 Å². The van der Waals surface area contributed by atoms with Gasteiger partial charge >= 0.3 is 11.9 Å². The van der Waals surface area contributed by atoms with Crippen LogP contribution in [0.25, 0.3) is 0 Å². The smallest absolute Gasteiger partial charge is 0.338 e. The zero-order valence-electron chi connectivity index (χ0n) is 41.0. The van der Waals surface area contributed by atoms with Gasteiger partial charge in [-0.15, -0.1) is 6.42 Å². The molecule has 4 aliphatic rings. The van der Waals surface area contributed by atoms with Crippen molar-refractivity contribution in [1.82, 2.24) is 0 Å². The van der Waals surface area contributed by atoms with Crippen molar-refractivity contribution in [2.75, 3.05) is 19.8 Å². The first kappa shape index (κ1) is 51.5. The van der Waals surface area contributed by atoms with Crippen LogP contribution in [0.15, 0.2) is 24.3 Å². The van der Waals surface area contributed by atoms with Gasteiger partial charge in [-0.1, -0.05) is 168 Å². The molecular formula is C58H94O5. The van der Waals surface area contributed by atoms with Crippen molar-refractivity contribution in [3.8, 4) is 18.1 Å². The minimum atomic E-state index is -0.275. The number of ether oxygens (including phenoxy) is 3. The van der Waals surface area contributed by atoms with E-state index in [9.17, 15) is 9.59 Å². The highest BCUT2D eigenvalue weighted by Gasteiger charge is 2.56. The topological polar surface area (TPSA) is 61.8 Å². The molecular weight excluding hydrogens is 777 g/mol. The molecule has 0 spiro atoms. The van der Waals surface area contributed by atoms with E-state index in [1.165, 1.54) is 173 Å². The van der Waals surface area contributed by atoms with Crippen LogP contribution in [-0.4, -0.2) is 31.8 Å². The van der Waals surface area contributed by atoms with Crippen molar-refractivity contribution in [2.45, 2.75) is 226 Å². The molecule has 1 aromatic rings. The Morgan fingerprint density at radius 2 is 1.08 bits per heavy atom. The lowest BCUT2D eigenvalue weighted by Crippen LogP contribution is -2.35. The van der Waals surface area contributed by atoms with E-state index in [1.807, 2.05) is 0 Å². The van der Waals surface area contributed by atoms with Crippen LogP contribution in [0.4, 0.5) is 0 Å². The number of fused-ring (bicyclic) bond motifs is 5. The van der Waals surface area contributed by atoms with E-state index in [1.54, 1.807) is 24.3 Å². The van der Waals surface area contributed by atoms with Gasteiger partial charge in [-0.25, -0.2) is 4.79 Å². The van der Waals surface area contributed by atoms with E-state index in [0.29, 0.717) is 54.6 Å². The van der Waals surface area contributed by atoms with Gasteiger partial charge < -0.3 is 14.2 Å². The maximum absolute atomic E-state index is 12.9. The lowest BCUT2D eigenvalue weighted by molar-refractivity contribution is -0.146. The number of benzene rings is 1. The second-order valence-electron chi connectivity index (χ2n) is 21.3. The summed E-state index contributed by atoms with van der Waals surface area (Å²) in [5.41, 5.74) is 0.540. The summed E-state index contributed by atoms with van der Waals surface area (Å²) in [6.45, 7) is 8.33. The van der Waals surface area contributed by atoms with Gasteiger partial charge in [-0.05, 0) is 141 Å². The molecule has 4 saturated carbocycles. The van der Waals surface area contributed by atoms with Gasteiger partial charge in [0.1, 0.15) is 12.4 Å². The zero-order chi connectivity index (χ0) is 44.5. The molecule has 356 valence electrons. The molecule has 0 saturated heterocycles. The van der Waals surface area contributed by atoms with E-state index in [2.05, 4.69) is 26.7 Å². The van der Waals surface area contributed by atoms with Crippen LogP contribution in [0.3, 0.4) is 0 Å². The minimum Gasteiger partial charge on any atom is -0.481 e. The summed E-state index contributed by atoms with van der Waals surface area (Å²) in [4.78, 5) is 25.6. The highest BCUT2D eigenvalue weighted by atomic mass is 16.5. The maximum atomic E-state index is 12.9. The molecule has 0 heterocycles. The van der Waals surface area contributed by atoms with Gasteiger partial charge in [0.15, 0.2) is 0 Å². The summed E-state index contributed by atoms with van der Waals surface area (Å²) >= 11 is 0. The Bertz CT molecular complexity index is 1430. The molecule has 0 N–H and O–H groups in total. The second-order valence-corrected chi connectivity index (χ2v) is 21.3. The largest absolute Gasteiger partial charge is 0.481 e. The van der Waals surface area contributed by atoms with Crippen LogP contribution in [0.1, 0.15) is 237 Å². The Balaban J connectivity index is 0.963. The molecule has 0 radical (unpaired) electrons. The molecule has 0 aliphatic heterocycles. The second kappa shape index (κ2) is 29.9. The minimum absolute atomic E-state index is 0.0138. The molecule has 10 atom stereocenters. The number of rotatable bonds is 34. The van der Waals surface area contributed by atoms with E-state index >= 15 is 0 Å². The highest BCUT2D eigenvalue weighted by molar-refractivity contribution is 5.89. The standard InChI is InChI=1S/C58H94O5/c1-5-9-12-15-19-23-28-47-33-32-46(27-22-14-11-7-3)52(29-24-18-13-10-6-2)53(47)30-25-20-16-17-21-26-31-57(59)62-44-50-41-49-42-55(50)56-40-45(39-54(49)56)43-63-58(60)48-34-36-51(37-35-48)61-38-8-4/h4,34-37,45-47,49-50,52-56H,5-7,9-33,38-44H2,1-3H3/t45?,46?,47?,49-,50?,52?,53?,54?,55?,56?/m1/s1. The fourth-order valence-corrected chi connectivity index (χ4v) is 13.5. The third-order valence-electron chi connectivity index (χ3n) is 16.9. The number of esters is 2. The van der Waals surface area contributed by atoms with Gasteiger partial charge in [0, 0.05) is 6.42 Å². The number of carbonyl (C=O) groups is 2. The molecule has 0 amide bonds. The lowest BCUT2D eigenvalue weighted by Gasteiger charge is -2.44. The van der Waals surface area contributed by atoms with Gasteiger partial charge in [0.25, 0.3) is 0 Å². The average molecular weight is 871 g/mol. The molecule has 63 heavy (non-hydrogen) atoms. The third kappa shape index (κ3) is 17.4. The number of carbonyl (C=O) groups excluding carboxylic acids is 2. The number of unbranched alkanes of at least 4 members (excludes halogenated alkanes) is 17. The Labute approximate surface area is 387 Å². The van der Waals surface area contributed by atoms with Crippen molar-refractivity contribution < 1.29 is 23.8 Å². The van der Waals surface area contributed by atoms with Gasteiger partial charge in [0.2, 0.25) is 0 Å². The Morgan fingerprint density at radius 1 is 0.556 bits per heavy atom. The van der Waals surface area contributed by atoms with Crippen LogP contribution < -0.4 is 4.74 Å². The fraction of sp³-hybridized carbons (Fsp3) is 0.828. The van der Waals surface area contributed by atoms with Crippen LogP contribution in [0, 0.1) is 71.5 Å². The molecule has 0 aromatic heterocycles. The van der Waals surface area contributed by atoms with Crippen molar-refractivity contribution in [1.29, 1.82) is 0 Å². The van der Waals surface area contributed by atoms with Gasteiger partial charge in [-0.3, -0.25) is 4.79 Å². The number of hydrogen-bond acceptors (Lipinski definition) is 5. The van der Waals surface area contributed by atoms with Crippen LogP contribution in [0.5, 0.6) is 5.75 Å². The predicted molar refractivity (Wildman–Crippen MR) is 262 cm³/mol. The van der Waals surface area contributed by atoms with Crippen LogP contribution in [-0.2, 0) is 14.3 Å². The van der Waals surface area contributed by atoms with E-state index in [-0.39, 0.29) is 18.5 Å². The normalized spacial score (nSPS) is 27.3. The summed E-state index contributed by atoms with van der Waals surface area (Å²) in [5.74, 6) is 10.5. The first-order chi connectivity index (χ1) is 30.9.